The van der Waals surface area contributed by atoms with E-state index >= 15 is 0 Å². The summed E-state index contributed by atoms with van der Waals surface area (Å²) in [6.45, 7) is 3.37. The Morgan fingerprint density at radius 3 is 2.48 bits per heavy atom. The van der Waals surface area contributed by atoms with Gasteiger partial charge in [0.25, 0.3) is 0 Å². The number of nitrogens with zero attached hydrogens (tertiary/aromatic N) is 4. The van der Waals surface area contributed by atoms with E-state index in [1.165, 1.54) is 41.4 Å². The first-order valence-electron chi connectivity index (χ1n) is 5.93. The highest BCUT2D eigenvalue weighted by Gasteiger charge is 2.11. The Labute approximate surface area is 132 Å². The number of nitrogens with one attached hydrogen (secondary N) is 2. The van der Waals surface area contributed by atoms with Crippen LogP contribution in [0.15, 0.2) is 4.34 Å². The zero-order chi connectivity index (χ0) is 15.2. The fraction of sp³-hybridized carbons (Fsp3) is 0.400. The Morgan fingerprint density at radius 2 is 1.81 bits per heavy atom. The quantitative estimate of drug-likeness (QED) is 0.605. The van der Waals surface area contributed by atoms with Crippen molar-refractivity contribution in [2.75, 3.05) is 16.4 Å². The first kappa shape index (κ1) is 15.8. The van der Waals surface area contributed by atoms with Gasteiger partial charge in [-0.05, 0) is 6.42 Å². The average molecular weight is 344 g/mol. The van der Waals surface area contributed by atoms with Crippen LogP contribution in [0.25, 0.3) is 0 Å². The van der Waals surface area contributed by atoms with Gasteiger partial charge in [0, 0.05) is 6.92 Å². The topological polar surface area (TPSA) is 110 Å². The molecule has 2 aromatic heterocycles. The lowest BCUT2D eigenvalue weighted by atomic mass is 10.5. The van der Waals surface area contributed by atoms with Crippen LogP contribution in [0.2, 0.25) is 0 Å². The van der Waals surface area contributed by atoms with Crippen molar-refractivity contribution in [2.24, 2.45) is 0 Å². The highest BCUT2D eigenvalue weighted by atomic mass is 32.2. The summed E-state index contributed by atoms with van der Waals surface area (Å²) in [6.07, 6.45) is 0.791. The molecule has 2 rings (SSSR count). The molecule has 0 aliphatic carbocycles. The second-order valence-electron chi connectivity index (χ2n) is 3.75. The van der Waals surface area contributed by atoms with Crippen LogP contribution in [0.1, 0.15) is 18.9 Å². The predicted octanol–water partition coefficient (Wildman–Crippen LogP) is 1.64. The molecule has 112 valence electrons. The minimum Gasteiger partial charge on any atom is -0.301 e. The van der Waals surface area contributed by atoms with E-state index in [9.17, 15) is 9.59 Å². The van der Waals surface area contributed by atoms with Crippen molar-refractivity contribution in [3.8, 4) is 0 Å². The van der Waals surface area contributed by atoms with Gasteiger partial charge in [-0.1, -0.05) is 41.4 Å². The largest absolute Gasteiger partial charge is 0.301 e. The molecule has 0 saturated heterocycles. The molecule has 11 heteroatoms. The monoisotopic (exact) mass is 344 g/mol. The molecule has 0 fully saturated rings. The number of aryl methyl sites for hydroxylation is 1. The van der Waals surface area contributed by atoms with E-state index in [4.69, 9.17) is 0 Å². The van der Waals surface area contributed by atoms with Crippen molar-refractivity contribution in [2.45, 2.75) is 24.6 Å². The van der Waals surface area contributed by atoms with Crippen molar-refractivity contribution < 1.29 is 9.59 Å². The number of aromatic nitrogens is 4. The van der Waals surface area contributed by atoms with E-state index in [0.29, 0.717) is 14.6 Å². The zero-order valence-corrected chi connectivity index (χ0v) is 13.7. The Kier molecular flexibility index (Phi) is 5.59. The van der Waals surface area contributed by atoms with Gasteiger partial charge in [0.1, 0.15) is 5.01 Å². The van der Waals surface area contributed by atoms with Gasteiger partial charge in [-0.2, -0.15) is 0 Å². The number of carbonyl (C=O) groups excluding carboxylic acids is 2. The molecule has 8 nitrogen and oxygen atoms in total. The SMILES string of the molecule is CCc1nnc(NC(=O)CSc2nnc(NC(C)=O)s2)s1. The van der Waals surface area contributed by atoms with Crippen molar-refractivity contribution in [1.82, 2.24) is 20.4 Å². The average Bonchev–Trinajstić information content (AvgIpc) is 3.05. The third-order valence-corrected chi connectivity index (χ3v) is 4.99. The van der Waals surface area contributed by atoms with Crippen molar-refractivity contribution in [1.29, 1.82) is 0 Å². The normalized spacial score (nSPS) is 10.4. The Bertz CT molecular complexity index is 640. The van der Waals surface area contributed by atoms with Crippen LogP contribution in [0.4, 0.5) is 10.3 Å². The van der Waals surface area contributed by atoms with E-state index in [0.717, 1.165) is 11.4 Å². The van der Waals surface area contributed by atoms with E-state index in [-0.39, 0.29) is 17.6 Å². The van der Waals surface area contributed by atoms with Gasteiger partial charge in [-0.25, -0.2) is 0 Å². The molecule has 2 N–H and O–H groups in total. The first-order valence-corrected chi connectivity index (χ1v) is 8.54. The van der Waals surface area contributed by atoms with E-state index in [2.05, 4.69) is 31.0 Å². The molecule has 0 aromatic carbocycles. The summed E-state index contributed by atoms with van der Waals surface area (Å²) in [7, 11) is 0. The number of amides is 2. The molecule has 0 radical (unpaired) electrons. The molecule has 0 aliphatic rings. The lowest BCUT2D eigenvalue weighted by molar-refractivity contribution is -0.114. The number of hydrogen-bond donors (Lipinski definition) is 2. The molecule has 0 spiro atoms. The van der Waals surface area contributed by atoms with Gasteiger partial charge in [0.05, 0.1) is 5.75 Å². The summed E-state index contributed by atoms with van der Waals surface area (Å²) >= 11 is 3.82. The number of carbonyl (C=O) groups is 2. The van der Waals surface area contributed by atoms with Crippen molar-refractivity contribution in [3.05, 3.63) is 5.01 Å². The maximum Gasteiger partial charge on any atom is 0.236 e. The minimum atomic E-state index is -0.205. The van der Waals surface area contributed by atoms with Gasteiger partial charge in [-0.3, -0.25) is 14.9 Å². The van der Waals surface area contributed by atoms with Crippen molar-refractivity contribution in [3.63, 3.8) is 0 Å². The van der Waals surface area contributed by atoms with E-state index in [1.807, 2.05) is 6.92 Å². The van der Waals surface area contributed by atoms with Crippen LogP contribution in [0, 0.1) is 0 Å². The summed E-state index contributed by atoms with van der Waals surface area (Å²) in [4.78, 5) is 22.6. The van der Waals surface area contributed by atoms with E-state index < -0.39 is 0 Å². The first-order chi connectivity index (χ1) is 10.1. The van der Waals surface area contributed by atoms with Gasteiger partial charge in [-0.15, -0.1) is 20.4 Å². The van der Waals surface area contributed by atoms with Crippen LogP contribution in [-0.4, -0.2) is 38.0 Å². The third kappa shape index (κ3) is 5.02. The molecule has 0 saturated carbocycles. The lowest BCUT2D eigenvalue weighted by Crippen LogP contribution is -2.13. The standard InChI is InChI=1S/C10H12N6O2S3/c1-3-7-13-14-9(20-7)12-6(18)4-19-10-16-15-8(21-10)11-5(2)17/h3-4H2,1-2H3,(H,11,15,17)(H,12,14,18). The predicted molar refractivity (Wildman–Crippen MR) is 82.9 cm³/mol. The molecule has 2 aromatic rings. The second kappa shape index (κ2) is 7.43. The lowest BCUT2D eigenvalue weighted by Gasteiger charge is -1.98. The van der Waals surface area contributed by atoms with Crippen LogP contribution >= 0.6 is 34.4 Å². The van der Waals surface area contributed by atoms with Crippen LogP contribution in [0.5, 0.6) is 0 Å². The highest BCUT2D eigenvalue weighted by Crippen LogP contribution is 2.25. The fourth-order valence-electron chi connectivity index (χ4n) is 1.20. The second-order valence-corrected chi connectivity index (χ2v) is 7.01. The molecule has 0 aliphatic heterocycles. The maximum atomic E-state index is 11.8. The van der Waals surface area contributed by atoms with Crippen LogP contribution < -0.4 is 10.6 Å². The number of rotatable bonds is 6. The van der Waals surface area contributed by atoms with Gasteiger partial charge >= 0.3 is 0 Å². The highest BCUT2D eigenvalue weighted by molar-refractivity contribution is 8.01. The number of hydrogen-bond acceptors (Lipinski definition) is 9. The summed E-state index contributed by atoms with van der Waals surface area (Å²) in [5.41, 5.74) is 0. The summed E-state index contributed by atoms with van der Waals surface area (Å²) < 4.78 is 0.611. The summed E-state index contributed by atoms with van der Waals surface area (Å²) in [5.74, 6) is -0.200. The molecule has 21 heavy (non-hydrogen) atoms. The maximum absolute atomic E-state index is 11.8. The number of anilines is 2. The van der Waals surface area contributed by atoms with Crippen molar-refractivity contribution >= 4 is 56.5 Å². The Hall–Kier alpha value is -1.59. The fourth-order valence-corrected chi connectivity index (χ4v) is 3.49. The van der Waals surface area contributed by atoms with Gasteiger partial charge in [0.15, 0.2) is 4.34 Å². The van der Waals surface area contributed by atoms with Gasteiger partial charge < -0.3 is 5.32 Å². The molecular formula is C10H12N6O2S3. The minimum absolute atomic E-state index is 0.185. The summed E-state index contributed by atoms with van der Waals surface area (Å²) in [5, 5.41) is 22.5. The van der Waals surface area contributed by atoms with Crippen LogP contribution in [-0.2, 0) is 16.0 Å². The Balaban J connectivity index is 1.80. The molecule has 2 amide bonds. The van der Waals surface area contributed by atoms with Crippen LogP contribution in [0.3, 0.4) is 0 Å². The smallest absolute Gasteiger partial charge is 0.236 e. The molecule has 2 heterocycles. The molecular weight excluding hydrogens is 332 g/mol. The third-order valence-electron chi connectivity index (χ3n) is 2.03. The molecule has 0 bridgehead atoms. The molecule has 0 atom stereocenters. The molecule has 0 unspecified atom stereocenters. The zero-order valence-electron chi connectivity index (χ0n) is 11.2. The van der Waals surface area contributed by atoms with Gasteiger partial charge in [0.2, 0.25) is 22.1 Å². The Morgan fingerprint density at radius 1 is 1.10 bits per heavy atom. The number of thioether (sulfide) groups is 1. The van der Waals surface area contributed by atoms with E-state index in [1.54, 1.807) is 0 Å². The summed E-state index contributed by atoms with van der Waals surface area (Å²) in [6, 6.07) is 0.